The molecular formula is C12H18N4O2S. The third-order valence-corrected chi connectivity index (χ3v) is 4.48. The van der Waals surface area contributed by atoms with Gasteiger partial charge in [-0.05, 0) is 12.8 Å². The van der Waals surface area contributed by atoms with Crippen LogP contribution in [0, 0.1) is 0 Å². The van der Waals surface area contributed by atoms with Gasteiger partial charge in [-0.1, -0.05) is 0 Å². The Bertz CT molecular complexity index is 482. The topological polar surface area (TPSA) is 82.2 Å². The van der Waals surface area contributed by atoms with Crippen molar-refractivity contribution in [1.82, 2.24) is 15.1 Å². The number of nitrogens with one attached hydrogen (secondary N) is 1. The first kappa shape index (κ1) is 12.8. The van der Waals surface area contributed by atoms with Crippen molar-refractivity contribution in [2.24, 2.45) is 0 Å². The summed E-state index contributed by atoms with van der Waals surface area (Å²) in [6.45, 7) is 1.57. The minimum atomic E-state index is -0.0592. The van der Waals surface area contributed by atoms with Crippen LogP contribution in [0.15, 0.2) is 0 Å². The van der Waals surface area contributed by atoms with Gasteiger partial charge in [-0.2, -0.15) is 16.9 Å². The number of nitrogen functional groups attached to an aromatic ring is 1. The number of fused-ring (bicyclic) bond motifs is 1. The maximum atomic E-state index is 11.9. The Morgan fingerprint density at radius 2 is 2.47 bits per heavy atom. The summed E-state index contributed by atoms with van der Waals surface area (Å²) < 4.78 is 7.07. The number of hydrogen-bond donors (Lipinski definition) is 2. The van der Waals surface area contributed by atoms with Gasteiger partial charge < -0.3 is 15.8 Å². The zero-order valence-electron chi connectivity index (χ0n) is 10.7. The molecule has 104 valence electrons. The predicted octanol–water partition coefficient (Wildman–Crippen LogP) is 0.507. The number of amides is 1. The average molecular weight is 282 g/mol. The minimum absolute atomic E-state index is 0.0592. The fraction of sp³-hybridized carbons (Fsp3) is 0.667. The van der Waals surface area contributed by atoms with Gasteiger partial charge in [0.1, 0.15) is 12.4 Å². The van der Waals surface area contributed by atoms with Gasteiger partial charge in [0.25, 0.3) is 0 Å². The van der Waals surface area contributed by atoms with Crippen molar-refractivity contribution in [3.05, 3.63) is 11.3 Å². The average Bonchev–Trinajstić information content (AvgIpc) is 3.09. The molecule has 3 rings (SSSR count). The smallest absolute Gasteiger partial charge is 0.241 e. The van der Waals surface area contributed by atoms with Gasteiger partial charge >= 0.3 is 0 Å². The van der Waals surface area contributed by atoms with E-state index in [0.717, 1.165) is 42.2 Å². The zero-order chi connectivity index (χ0) is 13.2. The Balaban J connectivity index is 1.54. The largest absolute Gasteiger partial charge is 0.384 e. The van der Waals surface area contributed by atoms with Crippen LogP contribution in [0.5, 0.6) is 0 Å². The van der Waals surface area contributed by atoms with Gasteiger partial charge in [-0.15, -0.1) is 0 Å². The Hall–Kier alpha value is -1.21. The molecule has 7 heteroatoms. The molecular weight excluding hydrogens is 264 g/mol. The maximum absolute atomic E-state index is 11.9. The molecule has 0 bridgehead atoms. The van der Waals surface area contributed by atoms with Crippen molar-refractivity contribution in [1.29, 1.82) is 0 Å². The molecule has 1 saturated heterocycles. The molecule has 1 amide bonds. The Morgan fingerprint density at radius 3 is 3.21 bits per heavy atom. The Labute approximate surface area is 116 Å². The maximum Gasteiger partial charge on any atom is 0.241 e. The molecule has 2 aliphatic heterocycles. The van der Waals surface area contributed by atoms with Crippen LogP contribution in [0.1, 0.15) is 24.1 Å². The molecule has 6 nitrogen and oxygen atoms in total. The van der Waals surface area contributed by atoms with Gasteiger partial charge in [0.15, 0.2) is 0 Å². The standard InChI is InChI=1S/C12H18N4O2S/c13-12-9-6-19-7-10(9)15-16(12)5-11(17)14-4-8-2-1-3-18-8/h8H,1-7,13H2,(H,14,17). The molecule has 1 fully saturated rings. The summed E-state index contributed by atoms with van der Waals surface area (Å²) in [6, 6.07) is 0. The number of carbonyl (C=O) groups excluding carboxylic acids is 1. The van der Waals surface area contributed by atoms with Crippen molar-refractivity contribution in [3.8, 4) is 0 Å². The van der Waals surface area contributed by atoms with Crippen LogP contribution in [0.3, 0.4) is 0 Å². The van der Waals surface area contributed by atoms with E-state index in [1.54, 1.807) is 16.4 Å². The second-order valence-corrected chi connectivity index (χ2v) is 5.89. The molecule has 0 spiro atoms. The van der Waals surface area contributed by atoms with E-state index in [4.69, 9.17) is 10.5 Å². The lowest BCUT2D eigenvalue weighted by atomic mass is 10.2. The van der Waals surface area contributed by atoms with Gasteiger partial charge in [0.2, 0.25) is 5.91 Å². The number of aromatic nitrogens is 2. The van der Waals surface area contributed by atoms with E-state index in [-0.39, 0.29) is 18.6 Å². The van der Waals surface area contributed by atoms with Gasteiger partial charge in [-0.3, -0.25) is 4.79 Å². The number of ether oxygens (including phenoxy) is 1. The highest BCUT2D eigenvalue weighted by Gasteiger charge is 2.22. The minimum Gasteiger partial charge on any atom is -0.384 e. The first-order valence-electron chi connectivity index (χ1n) is 6.54. The highest BCUT2D eigenvalue weighted by Crippen LogP contribution is 2.32. The van der Waals surface area contributed by atoms with Crippen molar-refractivity contribution in [2.45, 2.75) is 37.0 Å². The Kier molecular flexibility index (Phi) is 3.65. The number of hydrogen-bond acceptors (Lipinski definition) is 5. The molecule has 19 heavy (non-hydrogen) atoms. The molecule has 0 aliphatic carbocycles. The summed E-state index contributed by atoms with van der Waals surface area (Å²) in [5.41, 5.74) is 8.12. The fourth-order valence-electron chi connectivity index (χ4n) is 2.43. The number of nitrogens with two attached hydrogens (primary N) is 1. The number of nitrogens with zero attached hydrogens (tertiary/aromatic N) is 2. The van der Waals surface area contributed by atoms with Crippen molar-refractivity contribution >= 4 is 23.5 Å². The lowest BCUT2D eigenvalue weighted by Gasteiger charge is -2.11. The first-order chi connectivity index (χ1) is 9.24. The summed E-state index contributed by atoms with van der Waals surface area (Å²) in [4.78, 5) is 11.9. The van der Waals surface area contributed by atoms with Crippen LogP contribution in [0.4, 0.5) is 5.82 Å². The second-order valence-electron chi connectivity index (χ2n) is 4.90. The molecule has 3 heterocycles. The number of rotatable bonds is 4. The number of thioether (sulfide) groups is 1. The first-order valence-corrected chi connectivity index (χ1v) is 7.69. The van der Waals surface area contributed by atoms with Crippen LogP contribution in [0.25, 0.3) is 0 Å². The van der Waals surface area contributed by atoms with Crippen molar-refractivity contribution in [2.75, 3.05) is 18.9 Å². The fourth-order valence-corrected chi connectivity index (χ4v) is 3.48. The molecule has 1 atom stereocenters. The van der Waals surface area contributed by atoms with E-state index in [2.05, 4.69) is 10.4 Å². The van der Waals surface area contributed by atoms with Crippen LogP contribution in [0.2, 0.25) is 0 Å². The summed E-state index contributed by atoms with van der Waals surface area (Å²) in [7, 11) is 0. The lowest BCUT2D eigenvalue weighted by Crippen LogP contribution is -2.34. The summed E-state index contributed by atoms with van der Waals surface area (Å²) >= 11 is 1.81. The van der Waals surface area contributed by atoms with Crippen LogP contribution in [-0.4, -0.2) is 34.9 Å². The SMILES string of the molecule is Nc1c2c(nn1CC(=O)NCC1CCCO1)CSC2. The monoisotopic (exact) mass is 282 g/mol. The number of carbonyl (C=O) groups is 1. The molecule has 3 N–H and O–H groups in total. The Morgan fingerprint density at radius 1 is 1.58 bits per heavy atom. The van der Waals surface area contributed by atoms with Gasteiger partial charge in [0, 0.05) is 30.2 Å². The van der Waals surface area contributed by atoms with Gasteiger partial charge in [0.05, 0.1) is 11.8 Å². The summed E-state index contributed by atoms with van der Waals surface area (Å²) in [6.07, 6.45) is 2.27. The van der Waals surface area contributed by atoms with E-state index < -0.39 is 0 Å². The van der Waals surface area contributed by atoms with E-state index in [1.165, 1.54) is 0 Å². The molecule has 2 aliphatic rings. The highest BCUT2D eigenvalue weighted by atomic mass is 32.2. The van der Waals surface area contributed by atoms with E-state index in [9.17, 15) is 4.79 Å². The predicted molar refractivity (Wildman–Crippen MR) is 73.6 cm³/mol. The third kappa shape index (κ3) is 2.71. The van der Waals surface area contributed by atoms with Crippen LogP contribution in [-0.2, 0) is 27.6 Å². The third-order valence-electron chi connectivity index (χ3n) is 3.51. The summed E-state index contributed by atoms with van der Waals surface area (Å²) in [5, 5.41) is 7.27. The van der Waals surface area contributed by atoms with E-state index >= 15 is 0 Å². The van der Waals surface area contributed by atoms with Crippen LogP contribution < -0.4 is 11.1 Å². The molecule has 1 unspecified atom stereocenters. The molecule has 0 radical (unpaired) electrons. The second kappa shape index (κ2) is 5.42. The quantitative estimate of drug-likeness (QED) is 0.840. The highest BCUT2D eigenvalue weighted by molar-refractivity contribution is 7.98. The molecule has 0 aromatic carbocycles. The zero-order valence-corrected chi connectivity index (χ0v) is 11.5. The number of anilines is 1. The molecule has 0 saturated carbocycles. The molecule has 1 aromatic heterocycles. The van der Waals surface area contributed by atoms with Crippen LogP contribution >= 0.6 is 11.8 Å². The van der Waals surface area contributed by atoms with Crippen molar-refractivity contribution < 1.29 is 9.53 Å². The van der Waals surface area contributed by atoms with E-state index in [1.807, 2.05) is 0 Å². The molecule has 1 aromatic rings. The van der Waals surface area contributed by atoms with Gasteiger partial charge in [-0.25, -0.2) is 4.68 Å². The lowest BCUT2D eigenvalue weighted by molar-refractivity contribution is -0.122. The van der Waals surface area contributed by atoms with E-state index in [0.29, 0.717) is 12.4 Å². The normalized spacial score (nSPS) is 21.6. The summed E-state index contributed by atoms with van der Waals surface area (Å²) in [5.74, 6) is 2.37. The van der Waals surface area contributed by atoms with Crippen molar-refractivity contribution in [3.63, 3.8) is 0 Å².